The van der Waals surface area contributed by atoms with Crippen LogP contribution in [0.1, 0.15) is 18.6 Å². The largest absolute Gasteiger partial charge is 0.493 e. The van der Waals surface area contributed by atoms with E-state index >= 15 is 0 Å². The normalized spacial score (nSPS) is 10.9. The lowest BCUT2D eigenvalue weighted by Crippen LogP contribution is -2.15. The maximum absolute atomic E-state index is 5.87. The molecule has 3 rings (SSSR count). The van der Waals surface area contributed by atoms with Gasteiger partial charge in [0.1, 0.15) is 11.6 Å². The molecule has 1 aromatic carbocycles. The van der Waals surface area contributed by atoms with E-state index in [2.05, 4.69) is 21.7 Å². The van der Waals surface area contributed by atoms with Crippen LogP contribution in [0, 0.1) is 0 Å². The first-order valence-corrected chi connectivity index (χ1v) is 8.28. The average Bonchev–Trinajstić information content (AvgIpc) is 3.04. The van der Waals surface area contributed by atoms with Crippen molar-refractivity contribution in [1.82, 2.24) is 10.3 Å². The molecular weight excluding hydrogens is 302 g/mol. The lowest BCUT2D eigenvalue weighted by molar-refractivity contribution is 0.406. The van der Waals surface area contributed by atoms with Gasteiger partial charge >= 0.3 is 0 Å². The number of furan rings is 1. The number of para-hydroxylation sites is 1. The summed E-state index contributed by atoms with van der Waals surface area (Å²) >= 11 is 0. The predicted molar refractivity (Wildman–Crippen MR) is 96.4 cm³/mol. The third-order valence-corrected chi connectivity index (χ3v) is 3.83. The molecule has 0 saturated carbocycles. The molecule has 2 aromatic heterocycles. The highest BCUT2D eigenvalue weighted by molar-refractivity contribution is 5.83. The van der Waals surface area contributed by atoms with E-state index in [1.54, 1.807) is 13.3 Å². The second-order valence-electron chi connectivity index (χ2n) is 5.62. The van der Waals surface area contributed by atoms with Crippen LogP contribution in [-0.2, 0) is 6.54 Å². The number of methoxy groups -OCH3 is 1. The molecule has 5 nitrogen and oxygen atoms in total. The van der Waals surface area contributed by atoms with Gasteiger partial charge in [-0.15, -0.1) is 0 Å². The van der Waals surface area contributed by atoms with E-state index in [0.717, 1.165) is 60.8 Å². The molecule has 24 heavy (non-hydrogen) atoms. The first-order chi connectivity index (χ1) is 11.9. The molecule has 0 atom stereocenters. The highest BCUT2D eigenvalue weighted by Crippen LogP contribution is 2.28. The molecule has 3 aromatic rings. The summed E-state index contributed by atoms with van der Waals surface area (Å²) in [5, 5.41) is 7.81. The van der Waals surface area contributed by atoms with E-state index in [9.17, 15) is 0 Å². The highest BCUT2D eigenvalue weighted by Gasteiger charge is 2.07. The van der Waals surface area contributed by atoms with Gasteiger partial charge in [-0.3, -0.25) is 0 Å². The van der Waals surface area contributed by atoms with Gasteiger partial charge in [0.05, 0.1) is 13.7 Å². The van der Waals surface area contributed by atoms with Crippen LogP contribution in [-0.4, -0.2) is 25.2 Å². The molecule has 2 N–H and O–H groups in total. The van der Waals surface area contributed by atoms with Crippen LogP contribution >= 0.6 is 0 Å². The lowest BCUT2D eigenvalue weighted by atomic mass is 10.2. The van der Waals surface area contributed by atoms with Gasteiger partial charge in [0.25, 0.3) is 0 Å². The van der Waals surface area contributed by atoms with Crippen molar-refractivity contribution in [3.8, 4) is 5.75 Å². The Bertz CT molecular complexity index is 756. The summed E-state index contributed by atoms with van der Waals surface area (Å²) < 4.78 is 11.2. The van der Waals surface area contributed by atoms with E-state index in [-0.39, 0.29) is 0 Å². The van der Waals surface area contributed by atoms with E-state index in [1.165, 1.54) is 0 Å². The quantitative estimate of drug-likeness (QED) is 0.586. The maximum Gasteiger partial charge on any atom is 0.176 e. The zero-order valence-corrected chi connectivity index (χ0v) is 13.9. The number of hydrogen-bond donors (Lipinski definition) is 2. The second-order valence-corrected chi connectivity index (χ2v) is 5.62. The molecule has 0 aliphatic carbocycles. The molecule has 0 aliphatic heterocycles. The van der Waals surface area contributed by atoms with Crippen molar-refractivity contribution >= 4 is 16.8 Å². The zero-order valence-electron chi connectivity index (χ0n) is 13.9. The zero-order chi connectivity index (χ0) is 16.6. The molecule has 5 heteroatoms. The van der Waals surface area contributed by atoms with Crippen molar-refractivity contribution in [3.63, 3.8) is 0 Å². The van der Waals surface area contributed by atoms with Crippen molar-refractivity contribution in [2.75, 3.05) is 25.5 Å². The van der Waals surface area contributed by atoms with Crippen molar-refractivity contribution in [3.05, 3.63) is 54.4 Å². The number of rotatable bonds is 9. The van der Waals surface area contributed by atoms with Gasteiger partial charge in [0.2, 0.25) is 0 Å². The fourth-order valence-electron chi connectivity index (χ4n) is 2.61. The highest BCUT2D eigenvalue weighted by atomic mass is 16.5. The molecule has 0 aliphatic rings. The van der Waals surface area contributed by atoms with Crippen LogP contribution in [0.25, 0.3) is 11.0 Å². The number of hydrogen-bond acceptors (Lipinski definition) is 5. The van der Waals surface area contributed by atoms with Gasteiger partial charge in [-0.1, -0.05) is 18.2 Å². The van der Waals surface area contributed by atoms with Crippen LogP contribution in [0.5, 0.6) is 5.75 Å². The summed E-state index contributed by atoms with van der Waals surface area (Å²) in [5.74, 6) is 2.64. The van der Waals surface area contributed by atoms with Gasteiger partial charge in [-0.25, -0.2) is 4.98 Å². The summed E-state index contributed by atoms with van der Waals surface area (Å²) in [6.45, 7) is 2.62. The molecule has 0 spiro atoms. The van der Waals surface area contributed by atoms with E-state index in [0.29, 0.717) is 0 Å². The number of ether oxygens (including phenoxy) is 1. The average molecular weight is 325 g/mol. The van der Waals surface area contributed by atoms with Crippen LogP contribution in [0.15, 0.2) is 53.1 Å². The number of unbranched alkanes of at least 4 members (excludes halogenated alkanes) is 1. The number of fused-ring (bicyclic) bond motifs is 1. The number of aromatic nitrogens is 1. The summed E-state index contributed by atoms with van der Waals surface area (Å²) in [7, 11) is 1.66. The number of anilines is 1. The van der Waals surface area contributed by atoms with Crippen LogP contribution in [0.2, 0.25) is 0 Å². The molecule has 0 fully saturated rings. The number of pyridine rings is 1. The first-order valence-electron chi connectivity index (χ1n) is 8.28. The Morgan fingerprint density at radius 2 is 2.00 bits per heavy atom. The van der Waals surface area contributed by atoms with E-state index < -0.39 is 0 Å². The molecular formula is C19H23N3O2. The fourth-order valence-corrected chi connectivity index (χ4v) is 2.61. The minimum atomic E-state index is 0.728. The minimum absolute atomic E-state index is 0.728. The second kappa shape index (κ2) is 8.36. The van der Waals surface area contributed by atoms with Crippen LogP contribution < -0.4 is 15.4 Å². The number of benzene rings is 1. The van der Waals surface area contributed by atoms with Gasteiger partial charge in [-0.2, -0.15) is 0 Å². The van der Waals surface area contributed by atoms with Gasteiger partial charge in [0.15, 0.2) is 11.3 Å². The number of nitrogens with zero attached hydrogens (tertiary/aromatic N) is 1. The molecule has 0 radical (unpaired) electrons. The molecule has 0 unspecified atom stereocenters. The van der Waals surface area contributed by atoms with E-state index in [1.807, 2.05) is 36.4 Å². The molecule has 2 heterocycles. The summed E-state index contributed by atoms with van der Waals surface area (Å²) in [6, 6.07) is 13.9. The Morgan fingerprint density at radius 1 is 1.08 bits per heavy atom. The van der Waals surface area contributed by atoms with Crippen molar-refractivity contribution in [2.45, 2.75) is 19.4 Å². The maximum atomic E-state index is 5.87. The molecule has 0 bridgehead atoms. The van der Waals surface area contributed by atoms with Crippen molar-refractivity contribution in [2.24, 2.45) is 0 Å². The van der Waals surface area contributed by atoms with Crippen LogP contribution in [0.3, 0.4) is 0 Å². The van der Waals surface area contributed by atoms with Crippen molar-refractivity contribution < 1.29 is 9.15 Å². The Hall–Kier alpha value is -2.53. The SMILES string of the molecule is COc1cccc2cc(CNCCCCNc3ccccn3)oc12. The molecule has 0 saturated heterocycles. The van der Waals surface area contributed by atoms with E-state index in [4.69, 9.17) is 9.15 Å². The van der Waals surface area contributed by atoms with Gasteiger partial charge in [-0.05, 0) is 43.7 Å². The smallest absolute Gasteiger partial charge is 0.176 e. The molecule has 0 amide bonds. The monoisotopic (exact) mass is 325 g/mol. The Morgan fingerprint density at radius 3 is 2.83 bits per heavy atom. The van der Waals surface area contributed by atoms with Crippen LogP contribution in [0.4, 0.5) is 5.82 Å². The van der Waals surface area contributed by atoms with Gasteiger partial charge in [0, 0.05) is 18.1 Å². The summed E-state index contributed by atoms with van der Waals surface area (Å²) in [6.07, 6.45) is 3.99. The summed E-state index contributed by atoms with van der Waals surface area (Å²) in [5.41, 5.74) is 0.816. The Labute approximate surface area is 142 Å². The van der Waals surface area contributed by atoms with Crippen molar-refractivity contribution in [1.29, 1.82) is 0 Å². The first kappa shape index (κ1) is 16.3. The van der Waals surface area contributed by atoms with Gasteiger partial charge < -0.3 is 19.8 Å². The molecule has 126 valence electrons. The topological polar surface area (TPSA) is 59.3 Å². The number of nitrogens with one attached hydrogen (secondary N) is 2. The Balaban J connectivity index is 1.36. The minimum Gasteiger partial charge on any atom is -0.493 e. The fraction of sp³-hybridized carbons (Fsp3) is 0.316. The summed E-state index contributed by atoms with van der Waals surface area (Å²) in [4.78, 5) is 4.24. The Kier molecular flexibility index (Phi) is 5.69. The third-order valence-electron chi connectivity index (χ3n) is 3.83. The lowest BCUT2D eigenvalue weighted by Gasteiger charge is -2.05. The standard InChI is InChI=1S/C19H23N3O2/c1-23-17-8-6-7-15-13-16(24-19(15)17)14-20-10-4-5-12-22-18-9-2-3-11-21-18/h2-3,6-9,11,13,20H,4-5,10,12,14H2,1H3,(H,21,22). The predicted octanol–water partition coefficient (Wildman–Crippen LogP) is 3.82. The third kappa shape index (κ3) is 4.26.